The molecule has 12 heteroatoms. The second kappa shape index (κ2) is 8.33. The molecule has 2 aromatic rings. The Bertz CT molecular complexity index is 1050. The van der Waals surface area contributed by atoms with Crippen molar-refractivity contribution in [2.24, 2.45) is 0 Å². The fourth-order valence-electron chi connectivity index (χ4n) is 2.11. The molecule has 0 spiro atoms. The van der Waals surface area contributed by atoms with Gasteiger partial charge in [-0.25, -0.2) is 12.7 Å². The third-order valence-electron chi connectivity index (χ3n) is 3.57. The molecule has 2 rings (SSSR count). The zero-order chi connectivity index (χ0) is 21.1. The van der Waals surface area contributed by atoms with E-state index in [9.17, 15) is 28.1 Å². The summed E-state index contributed by atoms with van der Waals surface area (Å²) >= 11 is 5.69. The molecule has 0 saturated heterocycles. The molecule has 2 aromatic carbocycles. The van der Waals surface area contributed by atoms with E-state index in [1.54, 1.807) is 0 Å². The van der Waals surface area contributed by atoms with Gasteiger partial charge in [-0.1, -0.05) is 17.7 Å². The molecule has 0 aromatic heterocycles. The third kappa shape index (κ3) is 4.63. The molecule has 0 fully saturated rings. The van der Waals surface area contributed by atoms with Crippen molar-refractivity contribution in [1.29, 1.82) is 0 Å². The van der Waals surface area contributed by atoms with Crippen LogP contribution in [0.4, 0.5) is 5.69 Å². The summed E-state index contributed by atoms with van der Waals surface area (Å²) in [5.41, 5.74) is 3.26. The summed E-state index contributed by atoms with van der Waals surface area (Å²) < 4.78 is 25.3. The highest BCUT2D eigenvalue weighted by molar-refractivity contribution is 7.89. The summed E-state index contributed by atoms with van der Waals surface area (Å²) in [6.45, 7) is 0. The van der Waals surface area contributed by atoms with Crippen LogP contribution in [0.1, 0.15) is 20.7 Å². The first kappa shape index (κ1) is 21.3. The Morgan fingerprint density at radius 3 is 2.32 bits per heavy atom. The Hall–Kier alpha value is -3.02. The number of nitrogens with zero attached hydrogens (tertiary/aromatic N) is 2. The van der Waals surface area contributed by atoms with Crippen molar-refractivity contribution in [2.45, 2.75) is 4.90 Å². The van der Waals surface area contributed by atoms with Gasteiger partial charge in [0.15, 0.2) is 0 Å². The average molecular weight is 427 g/mol. The van der Waals surface area contributed by atoms with Gasteiger partial charge in [0.25, 0.3) is 17.5 Å². The maximum absolute atomic E-state index is 12.2. The summed E-state index contributed by atoms with van der Waals surface area (Å²) in [5, 5.41) is 11.1. The molecule has 2 amide bonds. The summed E-state index contributed by atoms with van der Waals surface area (Å²) in [4.78, 5) is 34.5. The first-order chi connectivity index (χ1) is 13.0. The van der Waals surface area contributed by atoms with Crippen molar-refractivity contribution in [2.75, 3.05) is 14.1 Å². The molecule has 0 aliphatic heterocycles. The number of halogens is 1. The molecule has 0 aliphatic carbocycles. The van der Waals surface area contributed by atoms with Crippen LogP contribution in [0, 0.1) is 10.1 Å². The van der Waals surface area contributed by atoms with E-state index in [1.165, 1.54) is 38.4 Å². The number of nitrogens with one attached hydrogen (secondary N) is 2. The van der Waals surface area contributed by atoms with Gasteiger partial charge in [-0.05, 0) is 30.3 Å². The predicted molar refractivity (Wildman–Crippen MR) is 100 cm³/mol. The van der Waals surface area contributed by atoms with Gasteiger partial charge in [0.2, 0.25) is 10.0 Å². The summed E-state index contributed by atoms with van der Waals surface area (Å²) in [6, 6.07) is 8.63. The number of nitro benzene ring substituents is 1. The zero-order valence-electron chi connectivity index (χ0n) is 14.7. The summed E-state index contributed by atoms with van der Waals surface area (Å²) in [6.07, 6.45) is 0. The van der Waals surface area contributed by atoms with E-state index in [-0.39, 0.29) is 21.0 Å². The van der Waals surface area contributed by atoms with Crippen molar-refractivity contribution in [3.8, 4) is 0 Å². The highest BCUT2D eigenvalue weighted by Gasteiger charge is 2.22. The van der Waals surface area contributed by atoms with E-state index in [4.69, 9.17) is 11.6 Å². The van der Waals surface area contributed by atoms with Crippen molar-refractivity contribution < 1.29 is 22.9 Å². The Morgan fingerprint density at radius 1 is 1.07 bits per heavy atom. The maximum Gasteiger partial charge on any atom is 0.283 e. The number of rotatable bonds is 5. The number of carbonyl (C=O) groups excluding carboxylic acids is 2. The van der Waals surface area contributed by atoms with Gasteiger partial charge in [-0.15, -0.1) is 0 Å². The number of hydrazine groups is 1. The molecule has 0 radical (unpaired) electrons. The third-order valence-corrected chi connectivity index (χ3v) is 5.61. The predicted octanol–water partition coefficient (Wildman–Crippen LogP) is 1.57. The zero-order valence-corrected chi connectivity index (χ0v) is 16.2. The number of carbonyl (C=O) groups is 2. The van der Waals surface area contributed by atoms with E-state index >= 15 is 0 Å². The number of hydrogen-bond donors (Lipinski definition) is 2. The number of hydrogen-bond acceptors (Lipinski definition) is 6. The quantitative estimate of drug-likeness (QED) is 0.549. The highest BCUT2D eigenvalue weighted by atomic mass is 35.5. The molecule has 0 bridgehead atoms. The molecule has 0 aliphatic rings. The number of sulfonamides is 1. The first-order valence-electron chi connectivity index (χ1n) is 7.61. The van der Waals surface area contributed by atoms with E-state index in [0.717, 1.165) is 22.5 Å². The van der Waals surface area contributed by atoms with E-state index in [0.29, 0.717) is 0 Å². The van der Waals surface area contributed by atoms with Gasteiger partial charge in [0.1, 0.15) is 5.56 Å². The Labute approximate surface area is 165 Å². The fraction of sp³-hybridized carbons (Fsp3) is 0.125. The lowest BCUT2D eigenvalue weighted by Gasteiger charge is -2.12. The Morgan fingerprint density at radius 2 is 1.71 bits per heavy atom. The smallest absolute Gasteiger partial charge is 0.267 e. The molecule has 0 saturated carbocycles. The minimum atomic E-state index is -3.75. The second-order valence-electron chi connectivity index (χ2n) is 5.64. The van der Waals surface area contributed by atoms with Crippen LogP contribution in [-0.2, 0) is 10.0 Å². The summed E-state index contributed by atoms with van der Waals surface area (Å²) in [5.74, 6) is -1.74. The van der Waals surface area contributed by atoms with Crippen LogP contribution in [-0.4, -0.2) is 43.6 Å². The van der Waals surface area contributed by atoms with Crippen molar-refractivity contribution >= 4 is 39.1 Å². The van der Waals surface area contributed by atoms with Crippen LogP contribution in [0.25, 0.3) is 0 Å². The van der Waals surface area contributed by atoms with Crippen LogP contribution in [0.3, 0.4) is 0 Å². The number of amides is 2. The Kier molecular flexibility index (Phi) is 6.33. The van der Waals surface area contributed by atoms with Crippen LogP contribution in [0.2, 0.25) is 5.02 Å². The van der Waals surface area contributed by atoms with Crippen LogP contribution >= 0.6 is 11.6 Å². The summed E-state index contributed by atoms with van der Waals surface area (Å²) in [7, 11) is -1.05. The van der Waals surface area contributed by atoms with Crippen LogP contribution in [0.15, 0.2) is 47.4 Å². The molecule has 10 nitrogen and oxygen atoms in total. The lowest BCUT2D eigenvalue weighted by molar-refractivity contribution is -0.385. The SMILES string of the molecule is CN(C)S(=O)(=O)c1cccc(C(=O)NNC(=O)c2ccc(Cl)cc2[N+](=O)[O-])c1. The van der Waals surface area contributed by atoms with Crippen molar-refractivity contribution in [1.82, 2.24) is 15.2 Å². The van der Waals surface area contributed by atoms with Gasteiger partial charge >= 0.3 is 0 Å². The van der Waals surface area contributed by atoms with Gasteiger partial charge < -0.3 is 0 Å². The minimum Gasteiger partial charge on any atom is -0.267 e. The molecule has 0 atom stereocenters. The van der Waals surface area contributed by atoms with Gasteiger partial charge in [-0.2, -0.15) is 0 Å². The fourth-order valence-corrected chi connectivity index (χ4v) is 3.22. The standard InChI is InChI=1S/C16H15ClN4O6S/c1-20(2)28(26,27)12-5-3-4-10(8-12)15(22)18-19-16(23)13-7-6-11(17)9-14(13)21(24)25/h3-9H,1-2H3,(H,18,22)(H,19,23). The van der Waals surface area contributed by atoms with Gasteiger partial charge in [-0.3, -0.25) is 30.6 Å². The van der Waals surface area contributed by atoms with E-state index in [1.807, 2.05) is 5.43 Å². The molecule has 0 unspecified atom stereocenters. The molecular formula is C16H15ClN4O6S. The lowest BCUT2D eigenvalue weighted by Crippen LogP contribution is -2.41. The van der Waals surface area contributed by atoms with Crippen LogP contribution in [0.5, 0.6) is 0 Å². The topological polar surface area (TPSA) is 139 Å². The second-order valence-corrected chi connectivity index (χ2v) is 8.23. The molecule has 0 heterocycles. The molecular weight excluding hydrogens is 412 g/mol. The molecule has 148 valence electrons. The normalized spacial score (nSPS) is 11.1. The van der Waals surface area contributed by atoms with Crippen LogP contribution < -0.4 is 10.9 Å². The first-order valence-corrected chi connectivity index (χ1v) is 9.43. The maximum atomic E-state index is 12.2. The highest BCUT2D eigenvalue weighted by Crippen LogP contribution is 2.23. The van der Waals surface area contributed by atoms with E-state index in [2.05, 4.69) is 5.43 Å². The largest absolute Gasteiger partial charge is 0.283 e. The average Bonchev–Trinajstić information content (AvgIpc) is 2.65. The minimum absolute atomic E-state index is 0.0335. The lowest BCUT2D eigenvalue weighted by atomic mass is 10.1. The monoisotopic (exact) mass is 426 g/mol. The van der Waals surface area contributed by atoms with Gasteiger partial charge in [0, 0.05) is 30.7 Å². The number of nitro groups is 1. The van der Waals surface area contributed by atoms with Crippen molar-refractivity contribution in [3.63, 3.8) is 0 Å². The number of benzene rings is 2. The molecule has 28 heavy (non-hydrogen) atoms. The molecule has 2 N–H and O–H groups in total. The van der Waals surface area contributed by atoms with Crippen molar-refractivity contribution in [3.05, 3.63) is 68.7 Å². The van der Waals surface area contributed by atoms with E-state index < -0.39 is 32.4 Å². The van der Waals surface area contributed by atoms with Gasteiger partial charge in [0.05, 0.1) is 9.82 Å². The Balaban J connectivity index is 2.17.